The first-order chi connectivity index (χ1) is 8.33. The Morgan fingerprint density at radius 1 is 1.28 bits per heavy atom. The van der Waals surface area contributed by atoms with Crippen LogP contribution in [-0.2, 0) is 0 Å². The van der Waals surface area contributed by atoms with Crippen LogP contribution in [0.15, 0.2) is 18.2 Å². The van der Waals surface area contributed by atoms with Crippen molar-refractivity contribution in [3.05, 3.63) is 29.3 Å². The summed E-state index contributed by atoms with van der Waals surface area (Å²) in [6.45, 7) is 12.1. The average Bonchev–Trinajstić information content (AvgIpc) is 2.27. The maximum Gasteiger partial charge on any atom is 0.251 e. The number of benzene rings is 1. The number of hydrogen-bond donors (Lipinski definition) is 2. The van der Waals surface area contributed by atoms with E-state index in [0.29, 0.717) is 12.1 Å². The molecular formula is C15H24N2O. The van der Waals surface area contributed by atoms with Crippen LogP contribution in [0.1, 0.15) is 43.6 Å². The van der Waals surface area contributed by atoms with Crippen LogP contribution in [0.2, 0.25) is 0 Å². The number of carbonyl (C=O) groups excluding carboxylic acids is 1. The van der Waals surface area contributed by atoms with E-state index in [1.54, 1.807) is 0 Å². The normalized spacial score (nSPS) is 11.2. The highest BCUT2D eigenvalue weighted by Crippen LogP contribution is 2.20. The maximum atomic E-state index is 11.8. The van der Waals surface area contributed by atoms with E-state index in [1.165, 1.54) is 0 Å². The third-order valence-electron chi connectivity index (χ3n) is 2.65. The zero-order valence-electron chi connectivity index (χ0n) is 12.1. The number of aryl methyl sites for hydroxylation is 1. The highest BCUT2D eigenvalue weighted by Gasteiger charge is 2.11. The Bertz CT molecular complexity index is 419. The van der Waals surface area contributed by atoms with Gasteiger partial charge in [0.05, 0.1) is 0 Å². The Balaban J connectivity index is 2.84. The first kappa shape index (κ1) is 14.6. The van der Waals surface area contributed by atoms with Gasteiger partial charge in [-0.1, -0.05) is 26.8 Å². The minimum absolute atomic E-state index is 0.0173. The largest absolute Gasteiger partial charge is 0.384 e. The van der Waals surface area contributed by atoms with Crippen molar-refractivity contribution in [1.82, 2.24) is 5.32 Å². The quantitative estimate of drug-likeness (QED) is 0.859. The molecule has 3 heteroatoms. The average molecular weight is 248 g/mol. The Kier molecular flexibility index (Phi) is 4.76. The second-order valence-electron chi connectivity index (χ2n) is 5.80. The van der Waals surface area contributed by atoms with Crippen LogP contribution in [0.5, 0.6) is 0 Å². The second-order valence-corrected chi connectivity index (χ2v) is 5.80. The van der Waals surface area contributed by atoms with Crippen molar-refractivity contribution in [3.8, 4) is 0 Å². The molecule has 0 aliphatic carbocycles. The monoisotopic (exact) mass is 248 g/mol. The molecule has 0 fully saturated rings. The van der Waals surface area contributed by atoms with Crippen molar-refractivity contribution in [3.63, 3.8) is 0 Å². The summed E-state index contributed by atoms with van der Waals surface area (Å²) < 4.78 is 0. The fourth-order valence-corrected chi connectivity index (χ4v) is 1.58. The van der Waals surface area contributed by atoms with E-state index in [1.807, 2.05) is 32.0 Å². The van der Waals surface area contributed by atoms with Crippen molar-refractivity contribution in [2.45, 2.75) is 34.6 Å². The summed E-state index contributed by atoms with van der Waals surface area (Å²) in [7, 11) is 0. The Labute approximate surface area is 110 Å². The van der Waals surface area contributed by atoms with Crippen molar-refractivity contribution < 1.29 is 4.79 Å². The van der Waals surface area contributed by atoms with Gasteiger partial charge in [-0.3, -0.25) is 4.79 Å². The van der Waals surface area contributed by atoms with Gasteiger partial charge in [0.15, 0.2) is 0 Å². The Morgan fingerprint density at radius 3 is 2.50 bits per heavy atom. The van der Waals surface area contributed by atoms with Gasteiger partial charge < -0.3 is 10.6 Å². The summed E-state index contributed by atoms with van der Waals surface area (Å²) in [5.74, 6) is -0.0173. The number of hydrogen-bond acceptors (Lipinski definition) is 2. The van der Waals surface area contributed by atoms with Crippen LogP contribution < -0.4 is 10.6 Å². The minimum Gasteiger partial charge on any atom is -0.384 e. The topological polar surface area (TPSA) is 41.1 Å². The van der Waals surface area contributed by atoms with E-state index in [0.717, 1.165) is 17.8 Å². The number of amides is 1. The second kappa shape index (κ2) is 5.89. The first-order valence-electron chi connectivity index (χ1n) is 6.46. The standard InChI is InChI=1S/C15H24N2O/c1-6-16-14(18)12-8-7-11(2)13(9-12)17-10-15(3,4)5/h7-9,17H,6,10H2,1-5H3,(H,16,18). The van der Waals surface area contributed by atoms with Crippen LogP contribution in [0, 0.1) is 12.3 Å². The molecule has 0 aromatic heterocycles. The highest BCUT2D eigenvalue weighted by atomic mass is 16.1. The van der Waals surface area contributed by atoms with E-state index in [9.17, 15) is 4.79 Å². The summed E-state index contributed by atoms with van der Waals surface area (Å²) >= 11 is 0. The molecule has 0 saturated carbocycles. The van der Waals surface area contributed by atoms with Gasteiger partial charge in [-0.2, -0.15) is 0 Å². The van der Waals surface area contributed by atoms with Crippen LogP contribution in [0.3, 0.4) is 0 Å². The number of nitrogens with one attached hydrogen (secondary N) is 2. The Morgan fingerprint density at radius 2 is 1.94 bits per heavy atom. The summed E-state index contributed by atoms with van der Waals surface area (Å²) in [5.41, 5.74) is 3.12. The molecule has 0 atom stereocenters. The molecule has 2 N–H and O–H groups in total. The van der Waals surface area contributed by atoms with Gasteiger partial charge in [-0.15, -0.1) is 0 Å². The molecule has 0 aliphatic rings. The highest BCUT2D eigenvalue weighted by molar-refractivity contribution is 5.95. The lowest BCUT2D eigenvalue weighted by molar-refractivity contribution is 0.0956. The van der Waals surface area contributed by atoms with Gasteiger partial charge in [-0.05, 0) is 37.0 Å². The van der Waals surface area contributed by atoms with E-state index in [4.69, 9.17) is 0 Å². The van der Waals surface area contributed by atoms with Gasteiger partial charge in [-0.25, -0.2) is 0 Å². The lowest BCUT2D eigenvalue weighted by atomic mass is 9.96. The van der Waals surface area contributed by atoms with E-state index in [2.05, 4.69) is 31.4 Å². The number of anilines is 1. The third-order valence-corrected chi connectivity index (χ3v) is 2.65. The fourth-order valence-electron chi connectivity index (χ4n) is 1.58. The summed E-state index contributed by atoms with van der Waals surface area (Å²) in [4.78, 5) is 11.8. The van der Waals surface area contributed by atoms with Crippen LogP contribution in [-0.4, -0.2) is 19.0 Å². The van der Waals surface area contributed by atoms with Crippen LogP contribution in [0.4, 0.5) is 5.69 Å². The molecule has 0 heterocycles. The number of carbonyl (C=O) groups is 1. The molecule has 0 radical (unpaired) electrons. The molecule has 1 amide bonds. The maximum absolute atomic E-state index is 11.8. The van der Waals surface area contributed by atoms with E-state index in [-0.39, 0.29) is 11.3 Å². The van der Waals surface area contributed by atoms with Crippen LogP contribution >= 0.6 is 0 Å². The number of rotatable bonds is 4. The lowest BCUT2D eigenvalue weighted by Crippen LogP contribution is -2.23. The fraction of sp³-hybridized carbons (Fsp3) is 0.533. The molecule has 0 saturated heterocycles. The van der Waals surface area contributed by atoms with Crippen molar-refractivity contribution in [2.75, 3.05) is 18.4 Å². The minimum atomic E-state index is -0.0173. The van der Waals surface area contributed by atoms with Crippen molar-refractivity contribution >= 4 is 11.6 Å². The molecule has 100 valence electrons. The SMILES string of the molecule is CCNC(=O)c1ccc(C)c(NCC(C)(C)C)c1. The summed E-state index contributed by atoms with van der Waals surface area (Å²) in [6, 6.07) is 5.77. The summed E-state index contributed by atoms with van der Waals surface area (Å²) in [6.07, 6.45) is 0. The molecule has 0 unspecified atom stereocenters. The predicted molar refractivity (Wildman–Crippen MR) is 77.1 cm³/mol. The lowest BCUT2D eigenvalue weighted by Gasteiger charge is -2.21. The van der Waals surface area contributed by atoms with Crippen LogP contribution in [0.25, 0.3) is 0 Å². The van der Waals surface area contributed by atoms with Gasteiger partial charge in [0.25, 0.3) is 5.91 Å². The molecule has 0 aliphatic heterocycles. The molecule has 1 rings (SSSR count). The molecule has 0 spiro atoms. The Hall–Kier alpha value is -1.51. The summed E-state index contributed by atoms with van der Waals surface area (Å²) in [5, 5.41) is 6.22. The first-order valence-corrected chi connectivity index (χ1v) is 6.46. The van der Waals surface area contributed by atoms with Crippen molar-refractivity contribution in [2.24, 2.45) is 5.41 Å². The smallest absolute Gasteiger partial charge is 0.251 e. The van der Waals surface area contributed by atoms with Gasteiger partial charge in [0, 0.05) is 24.3 Å². The molecule has 1 aromatic rings. The zero-order chi connectivity index (χ0) is 13.8. The molecule has 18 heavy (non-hydrogen) atoms. The van der Waals surface area contributed by atoms with Gasteiger partial charge in [0.2, 0.25) is 0 Å². The van der Waals surface area contributed by atoms with Gasteiger partial charge in [0.1, 0.15) is 0 Å². The van der Waals surface area contributed by atoms with Gasteiger partial charge >= 0.3 is 0 Å². The van der Waals surface area contributed by atoms with E-state index < -0.39 is 0 Å². The zero-order valence-corrected chi connectivity index (χ0v) is 12.1. The predicted octanol–water partition coefficient (Wildman–Crippen LogP) is 3.20. The molecule has 1 aromatic carbocycles. The molecule has 3 nitrogen and oxygen atoms in total. The van der Waals surface area contributed by atoms with E-state index >= 15 is 0 Å². The van der Waals surface area contributed by atoms with Crippen molar-refractivity contribution in [1.29, 1.82) is 0 Å². The third kappa shape index (κ3) is 4.40. The molecular weight excluding hydrogens is 224 g/mol. The molecule has 0 bridgehead atoms.